The third-order valence-electron chi connectivity index (χ3n) is 6.82. The summed E-state index contributed by atoms with van der Waals surface area (Å²) in [6.45, 7) is 4.76. The van der Waals surface area contributed by atoms with Crippen molar-refractivity contribution in [2.24, 2.45) is 5.92 Å². The lowest BCUT2D eigenvalue weighted by Gasteiger charge is -2.19. The van der Waals surface area contributed by atoms with Crippen molar-refractivity contribution in [3.8, 4) is 0 Å². The number of carbonyl (C=O) groups is 2. The van der Waals surface area contributed by atoms with Crippen LogP contribution in [0.3, 0.4) is 0 Å². The van der Waals surface area contributed by atoms with Crippen LogP contribution in [0.5, 0.6) is 0 Å². The Labute approximate surface area is 220 Å². The van der Waals surface area contributed by atoms with Gasteiger partial charge in [0.2, 0.25) is 15.9 Å². The van der Waals surface area contributed by atoms with Crippen molar-refractivity contribution in [3.05, 3.63) is 84.6 Å². The number of fused-ring (bicyclic) bond motifs is 2. The molecule has 1 aromatic heterocycles. The van der Waals surface area contributed by atoms with Crippen LogP contribution in [-0.2, 0) is 21.2 Å². The molecule has 2 aliphatic rings. The van der Waals surface area contributed by atoms with Crippen LogP contribution in [0.15, 0.2) is 78.3 Å². The van der Waals surface area contributed by atoms with Gasteiger partial charge in [0.15, 0.2) is 0 Å². The monoisotopic (exact) mass is 536 g/mol. The minimum atomic E-state index is -3.66. The Bertz CT molecular complexity index is 1430. The van der Waals surface area contributed by atoms with Crippen LogP contribution in [-0.4, -0.2) is 59.8 Å². The quantitative estimate of drug-likeness (QED) is 0.429. The summed E-state index contributed by atoms with van der Waals surface area (Å²) in [5.74, 6) is -0.266. The van der Waals surface area contributed by atoms with Gasteiger partial charge in [0.05, 0.1) is 15.8 Å². The van der Waals surface area contributed by atoms with Gasteiger partial charge in [-0.1, -0.05) is 24.8 Å². The van der Waals surface area contributed by atoms with Crippen molar-refractivity contribution in [3.63, 3.8) is 0 Å². The van der Waals surface area contributed by atoms with Crippen molar-refractivity contribution in [1.82, 2.24) is 19.9 Å². The number of aromatic nitrogens is 1. The lowest BCUT2D eigenvalue weighted by atomic mass is 10.1. The maximum atomic E-state index is 13.2. The summed E-state index contributed by atoms with van der Waals surface area (Å²) in [4.78, 5) is 28.7. The lowest BCUT2D eigenvalue weighted by Crippen LogP contribution is -2.33. The van der Waals surface area contributed by atoms with E-state index in [1.165, 1.54) is 22.5 Å². The molecule has 2 N–H and O–H groups in total. The third kappa shape index (κ3) is 5.56. The van der Waals surface area contributed by atoms with Gasteiger partial charge in [0.1, 0.15) is 0 Å². The van der Waals surface area contributed by atoms with E-state index in [4.69, 9.17) is 0 Å². The SMILES string of the molecule is C=CC(=O)NC1CC2CN(S(=O)(=O)c3ccc(C(=O)NCCc4ccc5cccnc5c4)cc3)CC2S1. The van der Waals surface area contributed by atoms with Gasteiger partial charge in [-0.15, -0.1) is 11.8 Å². The predicted molar refractivity (Wildman–Crippen MR) is 145 cm³/mol. The number of nitrogens with one attached hydrogen (secondary N) is 2. The summed E-state index contributed by atoms with van der Waals surface area (Å²) in [6, 6.07) is 16.1. The van der Waals surface area contributed by atoms with Crippen molar-refractivity contribution in [1.29, 1.82) is 0 Å². The van der Waals surface area contributed by atoms with E-state index in [1.807, 2.05) is 30.3 Å². The van der Waals surface area contributed by atoms with E-state index >= 15 is 0 Å². The summed E-state index contributed by atoms with van der Waals surface area (Å²) in [7, 11) is -3.66. The second-order valence-electron chi connectivity index (χ2n) is 9.25. The number of hydrogen-bond acceptors (Lipinski definition) is 6. The largest absolute Gasteiger partial charge is 0.352 e. The maximum absolute atomic E-state index is 13.2. The summed E-state index contributed by atoms with van der Waals surface area (Å²) in [5.41, 5.74) is 2.41. The summed E-state index contributed by atoms with van der Waals surface area (Å²) >= 11 is 1.61. The van der Waals surface area contributed by atoms with Gasteiger partial charge >= 0.3 is 0 Å². The number of rotatable bonds is 8. The molecule has 2 aromatic carbocycles. The number of thioether (sulfide) groups is 1. The highest BCUT2D eigenvalue weighted by Gasteiger charge is 2.45. The van der Waals surface area contributed by atoms with Crippen LogP contribution in [0.4, 0.5) is 0 Å². The van der Waals surface area contributed by atoms with Crippen LogP contribution in [0.25, 0.3) is 10.9 Å². The molecule has 2 amide bonds. The molecule has 0 bridgehead atoms. The number of sulfonamides is 1. The van der Waals surface area contributed by atoms with E-state index in [2.05, 4.69) is 22.2 Å². The zero-order valence-corrected chi connectivity index (χ0v) is 21.8. The molecule has 2 saturated heterocycles. The molecule has 3 aromatic rings. The van der Waals surface area contributed by atoms with Crippen LogP contribution in [0.2, 0.25) is 0 Å². The smallest absolute Gasteiger partial charge is 0.251 e. The molecule has 0 spiro atoms. The van der Waals surface area contributed by atoms with E-state index in [0.717, 1.165) is 22.9 Å². The second-order valence-corrected chi connectivity index (χ2v) is 12.6. The number of carbonyl (C=O) groups excluding carboxylic acids is 2. The first kappa shape index (κ1) is 25.4. The first-order chi connectivity index (χ1) is 17.8. The van der Waals surface area contributed by atoms with E-state index in [1.54, 1.807) is 30.1 Å². The normalized spacial score (nSPS) is 21.5. The molecule has 10 heteroatoms. The number of amides is 2. The Hall–Kier alpha value is -3.21. The van der Waals surface area contributed by atoms with E-state index < -0.39 is 10.0 Å². The van der Waals surface area contributed by atoms with Gasteiger partial charge in [-0.2, -0.15) is 4.31 Å². The Kier molecular flexibility index (Phi) is 7.32. The Balaban J connectivity index is 1.14. The summed E-state index contributed by atoms with van der Waals surface area (Å²) in [6.07, 6.45) is 4.40. The minimum Gasteiger partial charge on any atom is -0.352 e. The fraction of sp³-hybridized carbons (Fsp3) is 0.296. The Morgan fingerprint density at radius 2 is 1.95 bits per heavy atom. The Morgan fingerprint density at radius 3 is 2.70 bits per heavy atom. The van der Waals surface area contributed by atoms with Crippen LogP contribution in [0, 0.1) is 5.92 Å². The fourth-order valence-electron chi connectivity index (χ4n) is 4.85. The number of pyridine rings is 1. The van der Waals surface area contributed by atoms with Crippen molar-refractivity contribution < 1.29 is 18.0 Å². The van der Waals surface area contributed by atoms with E-state index in [0.29, 0.717) is 31.6 Å². The van der Waals surface area contributed by atoms with Gasteiger partial charge in [0.25, 0.3) is 5.91 Å². The molecule has 2 aliphatic heterocycles. The average Bonchev–Trinajstić information content (AvgIpc) is 3.48. The van der Waals surface area contributed by atoms with Crippen LogP contribution in [0.1, 0.15) is 22.3 Å². The van der Waals surface area contributed by atoms with Gasteiger partial charge in [0, 0.05) is 42.0 Å². The predicted octanol–water partition coefficient (Wildman–Crippen LogP) is 2.96. The van der Waals surface area contributed by atoms with Gasteiger partial charge in [-0.05, 0) is 66.8 Å². The zero-order chi connectivity index (χ0) is 26.0. The van der Waals surface area contributed by atoms with Gasteiger partial charge in [-0.3, -0.25) is 14.6 Å². The molecule has 0 aliphatic carbocycles. The first-order valence-electron chi connectivity index (χ1n) is 12.1. The molecule has 3 atom stereocenters. The molecule has 2 fully saturated rings. The topological polar surface area (TPSA) is 108 Å². The van der Waals surface area contributed by atoms with Crippen molar-refractivity contribution in [2.75, 3.05) is 19.6 Å². The zero-order valence-electron chi connectivity index (χ0n) is 20.2. The molecular formula is C27H28N4O4S2. The van der Waals surface area contributed by atoms with Crippen molar-refractivity contribution in [2.45, 2.75) is 28.4 Å². The number of benzene rings is 2. The third-order valence-corrected chi connectivity index (χ3v) is 10.2. The minimum absolute atomic E-state index is 0.0129. The summed E-state index contributed by atoms with van der Waals surface area (Å²) < 4.78 is 27.9. The molecule has 3 heterocycles. The molecule has 37 heavy (non-hydrogen) atoms. The molecular weight excluding hydrogens is 508 g/mol. The first-order valence-corrected chi connectivity index (χ1v) is 14.5. The fourth-order valence-corrected chi connectivity index (χ4v) is 8.12. The average molecular weight is 537 g/mol. The molecule has 8 nitrogen and oxygen atoms in total. The number of nitrogens with zero attached hydrogens (tertiary/aromatic N) is 2. The molecule has 0 radical (unpaired) electrons. The Morgan fingerprint density at radius 1 is 1.14 bits per heavy atom. The molecule has 5 rings (SSSR count). The maximum Gasteiger partial charge on any atom is 0.251 e. The van der Waals surface area contributed by atoms with E-state index in [-0.39, 0.29) is 33.3 Å². The van der Waals surface area contributed by atoms with Gasteiger partial charge < -0.3 is 10.6 Å². The molecule has 192 valence electrons. The number of hydrogen-bond donors (Lipinski definition) is 2. The lowest BCUT2D eigenvalue weighted by molar-refractivity contribution is -0.116. The van der Waals surface area contributed by atoms with Crippen molar-refractivity contribution >= 4 is 44.5 Å². The molecule has 3 unspecified atom stereocenters. The standard InChI is InChI=1S/C27H28N4O4S2/c1-2-25(32)30-26-15-21-16-31(17-24(21)36-26)37(34,35)22-9-7-20(8-10-22)27(33)29-13-11-18-5-6-19-4-3-12-28-23(19)14-18/h2-10,12,14,21,24,26H,1,11,13,15-17H2,(H,29,33)(H,30,32). The molecule has 0 saturated carbocycles. The summed E-state index contributed by atoms with van der Waals surface area (Å²) in [5, 5.41) is 6.99. The highest BCUT2D eigenvalue weighted by atomic mass is 32.2. The van der Waals surface area contributed by atoms with Crippen LogP contribution < -0.4 is 10.6 Å². The highest BCUT2D eigenvalue weighted by Crippen LogP contribution is 2.43. The van der Waals surface area contributed by atoms with Crippen LogP contribution >= 0.6 is 11.8 Å². The highest BCUT2D eigenvalue weighted by molar-refractivity contribution is 8.00. The van der Waals surface area contributed by atoms with E-state index in [9.17, 15) is 18.0 Å². The second kappa shape index (κ2) is 10.6. The van der Waals surface area contributed by atoms with Gasteiger partial charge in [-0.25, -0.2) is 8.42 Å².